The molecule has 2 unspecified atom stereocenters. The molecule has 5 nitrogen and oxygen atoms in total. The Hall–Kier alpha value is -1.88. The molecule has 1 aliphatic heterocycles. The second-order valence-electron chi connectivity index (χ2n) is 5.45. The first-order chi connectivity index (χ1) is 10.6. The molecule has 2 rings (SSSR count). The number of hydrogen-bond acceptors (Lipinski definition) is 4. The Bertz CT molecular complexity index is 497. The number of carbonyl (C=O) groups is 2. The molecule has 0 aliphatic carbocycles. The zero-order valence-corrected chi connectivity index (χ0v) is 13.2. The van der Waals surface area contributed by atoms with Crippen molar-refractivity contribution in [1.29, 1.82) is 0 Å². The van der Waals surface area contributed by atoms with Gasteiger partial charge in [0.05, 0.1) is 19.6 Å². The summed E-state index contributed by atoms with van der Waals surface area (Å²) < 4.78 is 10.2. The monoisotopic (exact) mass is 305 g/mol. The van der Waals surface area contributed by atoms with E-state index in [-0.39, 0.29) is 30.4 Å². The number of methoxy groups -OCH3 is 1. The van der Waals surface area contributed by atoms with Crippen molar-refractivity contribution < 1.29 is 19.1 Å². The highest BCUT2D eigenvalue weighted by Crippen LogP contribution is 2.24. The average Bonchev–Trinajstić information content (AvgIpc) is 3.09. The third-order valence-corrected chi connectivity index (χ3v) is 4.02. The van der Waals surface area contributed by atoms with Gasteiger partial charge in [0.25, 0.3) is 5.91 Å². The van der Waals surface area contributed by atoms with Gasteiger partial charge in [-0.05, 0) is 25.3 Å². The lowest BCUT2D eigenvalue weighted by Gasteiger charge is -2.31. The van der Waals surface area contributed by atoms with Crippen LogP contribution in [-0.4, -0.2) is 43.1 Å². The first-order valence-corrected chi connectivity index (χ1v) is 7.67. The molecule has 0 radical (unpaired) electrons. The summed E-state index contributed by atoms with van der Waals surface area (Å²) in [6.07, 6.45) is 1.45. The Labute approximate surface area is 131 Å². The van der Waals surface area contributed by atoms with Crippen LogP contribution in [-0.2, 0) is 19.1 Å². The highest BCUT2D eigenvalue weighted by molar-refractivity contribution is 5.82. The fraction of sp³-hybridized carbons (Fsp3) is 0.529. The highest BCUT2D eigenvalue weighted by Gasteiger charge is 2.31. The minimum atomic E-state index is -0.385. The number of rotatable bonds is 6. The van der Waals surface area contributed by atoms with Crippen LogP contribution in [0, 0.1) is 0 Å². The molecule has 120 valence electrons. The molecule has 22 heavy (non-hydrogen) atoms. The molecule has 5 heteroatoms. The Balaban J connectivity index is 2.12. The van der Waals surface area contributed by atoms with E-state index in [1.54, 1.807) is 4.90 Å². The number of hydrogen-bond donors (Lipinski definition) is 0. The van der Waals surface area contributed by atoms with Crippen LogP contribution in [0.1, 0.15) is 37.8 Å². The lowest BCUT2D eigenvalue weighted by atomic mass is 10.1. The van der Waals surface area contributed by atoms with Crippen LogP contribution in [0.15, 0.2) is 30.3 Å². The van der Waals surface area contributed by atoms with Crippen LogP contribution in [0.4, 0.5) is 0 Å². The summed E-state index contributed by atoms with van der Waals surface area (Å²) >= 11 is 0. The van der Waals surface area contributed by atoms with Gasteiger partial charge in [-0.15, -0.1) is 0 Å². The van der Waals surface area contributed by atoms with Gasteiger partial charge in [0.15, 0.2) is 0 Å². The van der Waals surface area contributed by atoms with Crippen molar-refractivity contribution in [2.24, 2.45) is 0 Å². The molecule has 0 aromatic heterocycles. The number of ether oxygens (including phenoxy) is 2. The lowest BCUT2D eigenvalue weighted by Crippen LogP contribution is -2.41. The van der Waals surface area contributed by atoms with Crippen molar-refractivity contribution >= 4 is 11.9 Å². The average molecular weight is 305 g/mol. The number of nitrogens with zero attached hydrogens (tertiary/aromatic N) is 1. The fourth-order valence-electron chi connectivity index (χ4n) is 2.68. The maximum atomic E-state index is 12.7. The Morgan fingerprint density at radius 3 is 2.68 bits per heavy atom. The highest BCUT2D eigenvalue weighted by atomic mass is 16.5. The van der Waals surface area contributed by atoms with Gasteiger partial charge in [0, 0.05) is 13.2 Å². The summed E-state index contributed by atoms with van der Waals surface area (Å²) in [5.74, 6) is -0.358. The van der Waals surface area contributed by atoms with E-state index in [4.69, 9.17) is 4.74 Å². The van der Waals surface area contributed by atoms with E-state index in [0.717, 1.165) is 18.4 Å². The summed E-state index contributed by atoms with van der Waals surface area (Å²) in [6, 6.07) is 9.69. The van der Waals surface area contributed by atoms with E-state index in [2.05, 4.69) is 4.74 Å². The van der Waals surface area contributed by atoms with E-state index < -0.39 is 0 Å². The lowest BCUT2D eigenvalue weighted by molar-refractivity contribution is -0.146. The van der Waals surface area contributed by atoms with Gasteiger partial charge in [-0.3, -0.25) is 9.59 Å². The van der Waals surface area contributed by atoms with Crippen LogP contribution < -0.4 is 0 Å². The third-order valence-electron chi connectivity index (χ3n) is 4.02. The van der Waals surface area contributed by atoms with Gasteiger partial charge in [-0.1, -0.05) is 30.3 Å². The van der Waals surface area contributed by atoms with Crippen LogP contribution in [0.5, 0.6) is 0 Å². The predicted molar refractivity (Wildman–Crippen MR) is 82.2 cm³/mol. The zero-order valence-electron chi connectivity index (χ0n) is 13.2. The van der Waals surface area contributed by atoms with Gasteiger partial charge in [0.1, 0.15) is 6.10 Å². The first kappa shape index (κ1) is 16.5. The van der Waals surface area contributed by atoms with Crippen molar-refractivity contribution in [2.75, 3.05) is 20.3 Å². The maximum Gasteiger partial charge on any atom is 0.307 e. The van der Waals surface area contributed by atoms with Crippen molar-refractivity contribution in [2.45, 2.75) is 38.3 Å². The van der Waals surface area contributed by atoms with Crippen LogP contribution in [0.2, 0.25) is 0 Å². The molecule has 1 saturated heterocycles. The first-order valence-electron chi connectivity index (χ1n) is 7.67. The van der Waals surface area contributed by atoms with E-state index in [9.17, 15) is 9.59 Å². The predicted octanol–water partition coefficient (Wildman–Crippen LogP) is 2.32. The second-order valence-corrected chi connectivity index (χ2v) is 5.45. The molecule has 2 atom stereocenters. The molecule has 0 saturated carbocycles. The maximum absolute atomic E-state index is 12.7. The van der Waals surface area contributed by atoms with E-state index in [0.29, 0.717) is 13.2 Å². The number of carbonyl (C=O) groups excluding carboxylic acids is 2. The molecular formula is C17H23NO4. The summed E-state index contributed by atoms with van der Waals surface area (Å²) in [4.78, 5) is 25.9. The Kier molecular flexibility index (Phi) is 5.95. The SMILES string of the molecule is COC(=O)CCN(C(=O)C1CCCO1)C(C)c1ccccc1. The molecule has 1 amide bonds. The summed E-state index contributed by atoms with van der Waals surface area (Å²) in [7, 11) is 1.36. The Morgan fingerprint density at radius 1 is 1.36 bits per heavy atom. The van der Waals surface area contributed by atoms with Gasteiger partial charge < -0.3 is 14.4 Å². The summed E-state index contributed by atoms with van der Waals surface area (Å²) in [5.41, 5.74) is 1.04. The largest absolute Gasteiger partial charge is 0.469 e. The molecule has 0 N–H and O–H groups in total. The number of esters is 1. The molecular weight excluding hydrogens is 282 g/mol. The smallest absolute Gasteiger partial charge is 0.307 e. The summed E-state index contributed by atoms with van der Waals surface area (Å²) in [5, 5.41) is 0. The van der Waals surface area contributed by atoms with Crippen molar-refractivity contribution in [1.82, 2.24) is 4.90 Å². The minimum absolute atomic E-state index is 0.0437. The molecule has 0 spiro atoms. The van der Waals surface area contributed by atoms with Crippen molar-refractivity contribution in [3.05, 3.63) is 35.9 Å². The van der Waals surface area contributed by atoms with Crippen molar-refractivity contribution in [3.63, 3.8) is 0 Å². The van der Waals surface area contributed by atoms with E-state index >= 15 is 0 Å². The normalized spacial score (nSPS) is 18.7. The molecule has 1 aromatic rings. The standard InChI is InChI=1S/C17H23NO4/c1-13(14-7-4-3-5-8-14)18(11-10-16(19)21-2)17(20)15-9-6-12-22-15/h3-5,7-8,13,15H,6,9-12H2,1-2H3. The third kappa shape index (κ3) is 4.07. The van der Waals surface area contributed by atoms with Crippen molar-refractivity contribution in [3.8, 4) is 0 Å². The van der Waals surface area contributed by atoms with Gasteiger partial charge in [-0.2, -0.15) is 0 Å². The Morgan fingerprint density at radius 2 is 2.09 bits per heavy atom. The molecule has 0 bridgehead atoms. The van der Waals surface area contributed by atoms with Crippen LogP contribution in [0.25, 0.3) is 0 Å². The minimum Gasteiger partial charge on any atom is -0.469 e. The van der Waals surface area contributed by atoms with Crippen LogP contribution in [0.3, 0.4) is 0 Å². The fourth-order valence-corrected chi connectivity index (χ4v) is 2.68. The summed E-state index contributed by atoms with van der Waals surface area (Å²) in [6.45, 7) is 2.93. The van der Waals surface area contributed by atoms with Crippen LogP contribution >= 0.6 is 0 Å². The van der Waals surface area contributed by atoms with Gasteiger partial charge >= 0.3 is 5.97 Å². The van der Waals surface area contributed by atoms with E-state index in [1.807, 2.05) is 37.3 Å². The number of benzene rings is 1. The molecule has 1 aliphatic rings. The zero-order chi connectivity index (χ0) is 15.9. The topological polar surface area (TPSA) is 55.8 Å². The molecule has 1 fully saturated rings. The quantitative estimate of drug-likeness (QED) is 0.757. The van der Waals surface area contributed by atoms with Gasteiger partial charge in [-0.25, -0.2) is 0 Å². The second kappa shape index (κ2) is 7.94. The van der Waals surface area contributed by atoms with E-state index in [1.165, 1.54) is 7.11 Å². The number of amides is 1. The van der Waals surface area contributed by atoms with Gasteiger partial charge in [0.2, 0.25) is 0 Å². The molecule has 1 aromatic carbocycles. The molecule has 1 heterocycles.